The van der Waals surface area contributed by atoms with Gasteiger partial charge in [0.05, 0.1) is 6.04 Å². The van der Waals surface area contributed by atoms with Gasteiger partial charge in [-0.25, -0.2) is 4.39 Å². The maximum absolute atomic E-state index is 13.3. The molecule has 1 amide bonds. The van der Waals surface area contributed by atoms with E-state index in [0.717, 1.165) is 44.8 Å². The summed E-state index contributed by atoms with van der Waals surface area (Å²) in [7, 11) is 0. The van der Waals surface area contributed by atoms with Gasteiger partial charge in [0.15, 0.2) is 0 Å². The van der Waals surface area contributed by atoms with E-state index in [1.807, 2.05) is 36.4 Å². The normalized spacial score (nSPS) is 21.6. The number of piperazine rings is 1. The van der Waals surface area contributed by atoms with Crippen LogP contribution in [0.15, 0.2) is 84.9 Å². The SMILES string of the molecule is O=C1CC[C@@H](CN2CCN(c3ccc(F)cc3)CC2)[C@H](c2ccccc2)N1Cc1ccccc1. The van der Waals surface area contributed by atoms with E-state index in [2.05, 4.69) is 51.1 Å². The van der Waals surface area contributed by atoms with Crippen LogP contribution in [0.2, 0.25) is 0 Å². The number of carbonyl (C=O) groups is 1. The topological polar surface area (TPSA) is 26.8 Å². The molecule has 2 heterocycles. The predicted octanol–water partition coefficient (Wildman–Crippen LogP) is 5.13. The Bertz CT molecular complexity index is 1070. The van der Waals surface area contributed by atoms with E-state index in [0.29, 0.717) is 18.9 Å². The summed E-state index contributed by atoms with van der Waals surface area (Å²) in [5.74, 6) is 0.442. The van der Waals surface area contributed by atoms with E-state index in [1.54, 1.807) is 0 Å². The Labute approximate surface area is 201 Å². The van der Waals surface area contributed by atoms with Crippen LogP contribution in [0.25, 0.3) is 0 Å². The zero-order valence-electron chi connectivity index (χ0n) is 19.5. The molecule has 34 heavy (non-hydrogen) atoms. The van der Waals surface area contributed by atoms with Crippen LogP contribution >= 0.6 is 0 Å². The van der Waals surface area contributed by atoms with Gasteiger partial charge < -0.3 is 9.80 Å². The molecule has 2 aliphatic rings. The summed E-state index contributed by atoms with van der Waals surface area (Å²) in [4.78, 5) is 20.1. The van der Waals surface area contributed by atoms with Crippen molar-refractivity contribution in [1.29, 1.82) is 0 Å². The molecule has 3 aromatic rings. The number of nitrogens with zero attached hydrogens (tertiary/aromatic N) is 3. The summed E-state index contributed by atoms with van der Waals surface area (Å²) in [6.45, 7) is 5.44. The molecular formula is C29H32FN3O. The fraction of sp³-hybridized carbons (Fsp3) is 0.345. The lowest BCUT2D eigenvalue weighted by Gasteiger charge is -2.45. The number of hydrogen-bond donors (Lipinski definition) is 0. The summed E-state index contributed by atoms with van der Waals surface area (Å²) in [5, 5.41) is 0. The first kappa shape index (κ1) is 22.6. The van der Waals surface area contributed by atoms with Crippen LogP contribution in [0, 0.1) is 11.7 Å². The van der Waals surface area contributed by atoms with Crippen molar-refractivity contribution in [3.05, 3.63) is 102 Å². The molecule has 0 bridgehead atoms. The molecule has 0 spiro atoms. The van der Waals surface area contributed by atoms with E-state index < -0.39 is 0 Å². The summed E-state index contributed by atoms with van der Waals surface area (Å²) in [5.41, 5.74) is 3.48. The monoisotopic (exact) mass is 457 g/mol. The number of halogens is 1. The molecular weight excluding hydrogens is 425 g/mol. The van der Waals surface area contributed by atoms with Crippen molar-refractivity contribution in [2.24, 2.45) is 5.92 Å². The second kappa shape index (κ2) is 10.4. The molecule has 5 heteroatoms. The highest BCUT2D eigenvalue weighted by atomic mass is 19.1. The van der Waals surface area contributed by atoms with Crippen LogP contribution in [0.5, 0.6) is 0 Å². The molecule has 0 unspecified atom stereocenters. The third kappa shape index (κ3) is 5.15. The average Bonchev–Trinajstić information content (AvgIpc) is 2.88. The highest BCUT2D eigenvalue weighted by Gasteiger charge is 2.37. The van der Waals surface area contributed by atoms with Crippen molar-refractivity contribution in [2.45, 2.75) is 25.4 Å². The molecule has 4 nitrogen and oxygen atoms in total. The predicted molar refractivity (Wildman–Crippen MR) is 134 cm³/mol. The van der Waals surface area contributed by atoms with E-state index in [1.165, 1.54) is 23.3 Å². The second-order valence-electron chi connectivity index (χ2n) is 9.43. The number of rotatable bonds is 6. The third-order valence-corrected chi connectivity index (χ3v) is 7.23. The minimum Gasteiger partial charge on any atom is -0.369 e. The van der Waals surface area contributed by atoms with Gasteiger partial charge in [-0.1, -0.05) is 60.7 Å². The molecule has 0 aliphatic carbocycles. The Morgan fingerprint density at radius 3 is 2.12 bits per heavy atom. The van der Waals surface area contributed by atoms with Gasteiger partial charge in [-0.2, -0.15) is 0 Å². The second-order valence-corrected chi connectivity index (χ2v) is 9.43. The molecule has 0 N–H and O–H groups in total. The van der Waals surface area contributed by atoms with Gasteiger partial charge in [0.25, 0.3) is 0 Å². The largest absolute Gasteiger partial charge is 0.369 e. The number of hydrogen-bond acceptors (Lipinski definition) is 3. The van der Waals surface area contributed by atoms with E-state index in [9.17, 15) is 9.18 Å². The minimum atomic E-state index is -0.193. The number of anilines is 1. The van der Waals surface area contributed by atoms with Crippen molar-refractivity contribution in [1.82, 2.24) is 9.80 Å². The molecule has 0 aromatic heterocycles. The molecule has 2 saturated heterocycles. The van der Waals surface area contributed by atoms with Crippen molar-refractivity contribution >= 4 is 11.6 Å². The van der Waals surface area contributed by atoms with Crippen molar-refractivity contribution in [2.75, 3.05) is 37.6 Å². The zero-order valence-corrected chi connectivity index (χ0v) is 19.5. The first-order chi connectivity index (χ1) is 16.7. The number of piperidine rings is 1. The van der Waals surface area contributed by atoms with Gasteiger partial charge in [0, 0.05) is 51.4 Å². The number of likely N-dealkylation sites (tertiary alicyclic amines) is 1. The quantitative estimate of drug-likeness (QED) is 0.514. The minimum absolute atomic E-state index is 0.0813. The Morgan fingerprint density at radius 1 is 0.794 bits per heavy atom. The summed E-state index contributed by atoms with van der Waals surface area (Å²) in [6, 6.07) is 27.7. The maximum atomic E-state index is 13.3. The Kier molecular flexibility index (Phi) is 6.91. The number of amides is 1. The molecule has 2 fully saturated rings. The van der Waals surface area contributed by atoms with Gasteiger partial charge in [-0.15, -0.1) is 0 Å². The Hall–Kier alpha value is -3.18. The summed E-state index contributed by atoms with van der Waals surface area (Å²) >= 11 is 0. The van der Waals surface area contributed by atoms with Crippen LogP contribution in [-0.2, 0) is 11.3 Å². The van der Waals surface area contributed by atoms with Crippen molar-refractivity contribution in [3.8, 4) is 0 Å². The molecule has 3 aromatic carbocycles. The molecule has 2 aliphatic heterocycles. The maximum Gasteiger partial charge on any atom is 0.223 e. The summed E-state index contributed by atoms with van der Waals surface area (Å²) < 4.78 is 13.3. The van der Waals surface area contributed by atoms with E-state index in [4.69, 9.17) is 0 Å². The molecule has 0 saturated carbocycles. The van der Waals surface area contributed by atoms with Gasteiger partial charge in [0.2, 0.25) is 5.91 Å². The fourth-order valence-electron chi connectivity index (χ4n) is 5.45. The van der Waals surface area contributed by atoms with Gasteiger partial charge >= 0.3 is 0 Å². The lowest BCUT2D eigenvalue weighted by molar-refractivity contribution is -0.140. The van der Waals surface area contributed by atoms with Gasteiger partial charge in [0.1, 0.15) is 5.82 Å². The van der Waals surface area contributed by atoms with Gasteiger partial charge in [-0.05, 0) is 47.7 Å². The molecule has 176 valence electrons. The lowest BCUT2D eigenvalue weighted by Crippen LogP contribution is -2.51. The van der Waals surface area contributed by atoms with E-state index in [-0.39, 0.29) is 17.8 Å². The zero-order chi connectivity index (χ0) is 23.3. The lowest BCUT2D eigenvalue weighted by atomic mass is 9.83. The Morgan fingerprint density at radius 2 is 1.44 bits per heavy atom. The first-order valence-corrected chi connectivity index (χ1v) is 12.3. The fourth-order valence-corrected chi connectivity index (χ4v) is 5.45. The van der Waals surface area contributed by atoms with Crippen LogP contribution in [0.3, 0.4) is 0 Å². The third-order valence-electron chi connectivity index (χ3n) is 7.23. The number of benzene rings is 3. The standard InChI is InChI=1S/C29H32FN3O/c30-26-12-14-27(15-13-26)32-19-17-31(18-20-32)22-25-11-16-28(34)33(21-23-7-3-1-4-8-23)29(25)24-9-5-2-6-10-24/h1-10,12-15,25,29H,11,16-22H2/t25-,29-/m0/s1. The number of carbonyl (C=O) groups excluding carboxylic acids is 1. The van der Waals surface area contributed by atoms with Crippen LogP contribution < -0.4 is 4.90 Å². The summed E-state index contributed by atoms with van der Waals surface area (Å²) in [6.07, 6.45) is 1.53. The van der Waals surface area contributed by atoms with Gasteiger partial charge in [-0.3, -0.25) is 9.69 Å². The highest BCUT2D eigenvalue weighted by molar-refractivity contribution is 5.77. The van der Waals surface area contributed by atoms with E-state index >= 15 is 0 Å². The molecule has 5 rings (SSSR count). The Balaban J connectivity index is 1.31. The molecule has 2 atom stereocenters. The van der Waals surface area contributed by atoms with Crippen LogP contribution in [0.1, 0.15) is 30.0 Å². The smallest absolute Gasteiger partial charge is 0.223 e. The van der Waals surface area contributed by atoms with Crippen molar-refractivity contribution < 1.29 is 9.18 Å². The average molecular weight is 458 g/mol. The first-order valence-electron chi connectivity index (χ1n) is 12.3. The van der Waals surface area contributed by atoms with Crippen LogP contribution in [0.4, 0.5) is 10.1 Å². The van der Waals surface area contributed by atoms with Crippen LogP contribution in [-0.4, -0.2) is 48.4 Å². The molecule has 0 radical (unpaired) electrons. The van der Waals surface area contributed by atoms with Crippen molar-refractivity contribution in [3.63, 3.8) is 0 Å². The highest BCUT2D eigenvalue weighted by Crippen LogP contribution is 2.38.